The largest absolute Gasteiger partial charge is 0.375 e. The van der Waals surface area contributed by atoms with E-state index in [4.69, 9.17) is 0 Å². The van der Waals surface area contributed by atoms with Crippen LogP contribution < -0.4 is 5.32 Å². The van der Waals surface area contributed by atoms with E-state index in [-0.39, 0.29) is 6.04 Å². The molecule has 1 aliphatic heterocycles. The fraction of sp³-hybridized carbons (Fsp3) is 0.143. The maximum atomic E-state index is 4.60. The van der Waals surface area contributed by atoms with Crippen molar-refractivity contribution in [1.82, 2.24) is 15.2 Å². The molecule has 0 saturated heterocycles. The number of H-pyrrole nitrogens is 1. The van der Waals surface area contributed by atoms with E-state index in [0.717, 1.165) is 22.9 Å². The first kappa shape index (κ1) is 10.8. The molecule has 0 amide bonds. The zero-order chi connectivity index (χ0) is 12.7. The first-order valence-corrected chi connectivity index (χ1v) is 7.09. The molecule has 1 aliphatic rings. The predicted molar refractivity (Wildman–Crippen MR) is 76.2 cm³/mol. The molecular formula is C14H12N4S. The minimum atomic E-state index is 0.193. The van der Waals surface area contributed by atoms with Gasteiger partial charge in [-0.1, -0.05) is 24.3 Å². The van der Waals surface area contributed by atoms with Gasteiger partial charge in [0.05, 0.1) is 10.9 Å². The molecule has 94 valence electrons. The number of aromatic nitrogens is 3. The molecule has 1 aromatic carbocycles. The molecule has 0 radical (unpaired) electrons. The Morgan fingerprint density at radius 3 is 2.95 bits per heavy atom. The Morgan fingerprint density at radius 2 is 2.11 bits per heavy atom. The molecule has 0 bridgehead atoms. The summed E-state index contributed by atoms with van der Waals surface area (Å²) in [6, 6.07) is 12.6. The molecule has 0 spiro atoms. The van der Waals surface area contributed by atoms with Crippen molar-refractivity contribution in [2.45, 2.75) is 12.5 Å². The number of hydrogen-bond donors (Lipinski definition) is 2. The van der Waals surface area contributed by atoms with Crippen LogP contribution in [0.3, 0.4) is 0 Å². The van der Waals surface area contributed by atoms with Crippen molar-refractivity contribution < 1.29 is 0 Å². The average molecular weight is 268 g/mol. The number of fused-ring (bicyclic) bond motifs is 1. The lowest BCUT2D eigenvalue weighted by atomic mass is 10.1. The quantitative estimate of drug-likeness (QED) is 0.750. The third kappa shape index (κ3) is 1.82. The lowest BCUT2D eigenvalue weighted by Crippen LogP contribution is -2.07. The lowest BCUT2D eigenvalue weighted by Gasteiger charge is -2.06. The first-order valence-electron chi connectivity index (χ1n) is 6.21. The van der Waals surface area contributed by atoms with Gasteiger partial charge in [-0.05, 0) is 23.1 Å². The number of rotatable bonds is 2. The van der Waals surface area contributed by atoms with Gasteiger partial charge >= 0.3 is 0 Å². The molecule has 2 N–H and O–H groups in total. The normalized spacial score (nSPS) is 17.2. The fourth-order valence-corrected chi connectivity index (χ4v) is 3.07. The van der Waals surface area contributed by atoms with Gasteiger partial charge in [-0.2, -0.15) is 5.10 Å². The number of nitrogens with zero attached hydrogens (tertiary/aromatic N) is 2. The number of nitrogens with one attached hydrogen (secondary N) is 2. The van der Waals surface area contributed by atoms with Crippen LogP contribution >= 0.6 is 11.3 Å². The highest BCUT2D eigenvalue weighted by molar-refractivity contribution is 7.13. The molecular weight excluding hydrogens is 256 g/mol. The van der Waals surface area contributed by atoms with Gasteiger partial charge in [-0.25, -0.2) is 4.98 Å². The van der Waals surface area contributed by atoms with Crippen LogP contribution in [0.2, 0.25) is 0 Å². The van der Waals surface area contributed by atoms with Gasteiger partial charge in [0.15, 0.2) is 5.82 Å². The number of hydrogen-bond acceptors (Lipinski definition) is 4. The highest BCUT2D eigenvalue weighted by Crippen LogP contribution is 2.33. The molecule has 0 saturated carbocycles. The summed E-state index contributed by atoms with van der Waals surface area (Å²) in [6.07, 6.45) is 0.954. The Balaban J connectivity index is 1.62. The van der Waals surface area contributed by atoms with Gasteiger partial charge in [-0.15, -0.1) is 11.3 Å². The highest BCUT2D eigenvalue weighted by atomic mass is 32.1. The summed E-state index contributed by atoms with van der Waals surface area (Å²) in [7, 11) is 0. The molecule has 0 fully saturated rings. The van der Waals surface area contributed by atoms with Crippen molar-refractivity contribution in [3.63, 3.8) is 0 Å². The Labute approximate surface area is 114 Å². The van der Waals surface area contributed by atoms with Crippen LogP contribution in [0.15, 0.2) is 41.8 Å². The second-order valence-corrected chi connectivity index (χ2v) is 5.53. The summed E-state index contributed by atoms with van der Waals surface area (Å²) in [5, 5.41) is 12.9. The van der Waals surface area contributed by atoms with Gasteiger partial charge in [0.1, 0.15) is 5.82 Å². The maximum absolute atomic E-state index is 4.60. The first-order chi connectivity index (χ1) is 9.40. The average Bonchev–Trinajstić information content (AvgIpc) is 3.17. The number of para-hydroxylation sites is 1. The van der Waals surface area contributed by atoms with E-state index >= 15 is 0 Å². The van der Waals surface area contributed by atoms with Crippen LogP contribution in [0.5, 0.6) is 0 Å². The summed E-state index contributed by atoms with van der Waals surface area (Å²) in [6.45, 7) is 0. The molecule has 1 atom stereocenters. The van der Waals surface area contributed by atoms with E-state index in [1.807, 2.05) is 23.6 Å². The molecule has 3 aromatic rings. The zero-order valence-electron chi connectivity index (χ0n) is 10.1. The topological polar surface area (TPSA) is 53.6 Å². The maximum Gasteiger partial charge on any atom is 0.191 e. The molecule has 3 heterocycles. The van der Waals surface area contributed by atoms with Crippen molar-refractivity contribution in [3.05, 3.63) is 53.2 Å². The van der Waals surface area contributed by atoms with Crippen molar-refractivity contribution in [2.75, 3.05) is 5.32 Å². The molecule has 0 unspecified atom stereocenters. The Bertz CT molecular complexity index is 677. The van der Waals surface area contributed by atoms with Gasteiger partial charge in [0.2, 0.25) is 0 Å². The molecule has 4 nitrogen and oxygen atoms in total. The Morgan fingerprint density at radius 1 is 1.16 bits per heavy atom. The minimum absolute atomic E-state index is 0.193. The summed E-state index contributed by atoms with van der Waals surface area (Å²) in [5.74, 6) is 1.68. The van der Waals surface area contributed by atoms with Crippen molar-refractivity contribution >= 4 is 17.0 Å². The number of aromatic amines is 1. The minimum Gasteiger partial charge on any atom is -0.375 e. The molecule has 2 aromatic heterocycles. The van der Waals surface area contributed by atoms with Crippen LogP contribution in [-0.2, 0) is 6.42 Å². The predicted octanol–water partition coefficient (Wildman–Crippen LogP) is 3.24. The third-order valence-corrected chi connectivity index (χ3v) is 4.21. The second-order valence-electron chi connectivity index (χ2n) is 4.58. The molecule has 4 rings (SSSR count). The summed E-state index contributed by atoms with van der Waals surface area (Å²) in [5.41, 5.74) is 2.53. The summed E-state index contributed by atoms with van der Waals surface area (Å²) >= 11 is 1.65. The molecule has 0 aliphatic carbocycles. The van der Waals surface area contributed by atoms with Crippen molar-refractivity contribution in [1.29, 1.82) is 0 Å². The van der Waals surface area contributed by atoms with Gasteiger partial charge in [0.25, 0.3) is 0 Å². The van der Waals surface area contributed by atoms with Gasteiger partial charge < -0.3 is 5.32 Å². The number of thiophene rings is 1. The van der Waals surface area contributed by atoms with Crippen LogP contribution in [0.1, 0.15) is 17.4 Å². The Kier molecular flexibility index (Phi) is 2.38. The smallest absolute Gasteiger partial charge is 0.191 e. The third-order valence-electron chi connectivity index (χ3n) is 3.35. The lowest BCUT2D eigenvalue weighted by molar-refractivity contribution is 0.753. The number of benzene rings is 1. The summed E-state index contributed by atoms with van der Waals surface area (Å²) < 4.78 is 0. The van der Waals surface area contributed by atoms with E-state index in [1.165, 1.54) is 11.3 Å². The zero-order valence-corrected chi connectivity index (χ0v) is 10.9. The second kappa shape index (κ2) is 4.20. The van der Waals surface area contributed by atoms with Crippen molar-refractivity contribution in [3.8, 4) is 10.7 Å². The van der Waals surface area contributed by atoms with Crippen LogP contribution in [0.25, 0.3) is 10.7 Å². The van der Waals surface area contributed by atoms with Crippen LogP contribution in [0, 0.1) is 0 Å². The van der Waals surface area contributed by atoms with Crippen LogP contribution in [0.4, 0.5) is 5.69 Å². The highest BCUT2D eigenvalue weighted by Gasteiger charge is 2.24. The summed E-state index contributed by atoms with van der Waals surface area (Å²) in [4.78, 5) is 5.69. The van der Waals surface area contributed by atoms with Crippen LogP contribution in [-0.4, -0.2) is 15.2 Å². The molecule has 5 heteroatoms. The fourth-order valence-electron chi connectivity index (χ4n) is 2.41. The van der Waals surface area contributed by atoms with E-state index in [1.54, 1.807) is 11.3 Å². The SMILES string of the molecule is c1csc(-c2n[nH]c([C@@H]3Cc4ccccc4N3)n2)c1. The van der Waals surface area contributed by atoms with E-state index in [2.05, 4.69) is 38.7 Å². The molecule has 19 heavy (non-hydrogen) atoms. The number of anilines is 1. The standard InChI is InChI=1S/C14H12N4S/c1-2-5-10-9(4-1)8-11(15-10)13-16-14(18-17-13)12-6-3-7-19-12/h1-7,11,15H,8H2,(H,16,17,18)/t11-/m0/s1. The van der Waals surface area contributed by atoms with Gasteiger partial charge in [0, 0.05) is 12.1 Å². The van der Waals surface area contributed by atoms with E-state index in [0.29, 0.717) is 0 Å². The Hall–Kier alpha value is -2.14. The van der Waals surface area contributed by atoms with E-state index in [9.17, 15) is 0 Å². The van der Waals surface area contributed by atoms with E-state index < -0.39 is 0 Å². The van der Waals surface area contributed by atoms with Gasteiger partial charge in [-0.3, -0.25) is 5.10 Å². The monoisotopic (exact) mass is 268 g/mol. The van der Waals surface area contributed by atoms with Crippen molar-refractivity contribution in [2.24, 2.45) is 0 Å².